The summed E-state index contributed by atoms with van der Waals surface area (Å²) >= 11 is 6.18. The number of nitrogens with one attached hydrogen (secondary N) is 2. The van der Waals surface area contributed by atoms with Crippen molar-refractivity contribution in [2.75, 3.05) is 25.6 Å². The topological polar surface area (TPSA) is 72.0 Å². The Morgan fingerprint density at radius 1 is 1.27 bits per heavy atom. The van der Waals surface area contributed by atoms with Crippen LogP contribution >= 0.6 is 11.6 Å². The van der Waals surface area contributed by atoms with Gasteiger partial charge in [0.2, 0.25) is 0 Å². The molecule has 0 unspecified atom stereocenters. The third-order valence-corrected chi connectivity index (χ3v) is 3.72. The minimum atomic E-state index is -0.258. The molecule has 26 heavy (non-hydrogen) atoms. The molecule has 2 aromatic carbocycles. The number of halogens is 1. The highest BCUT2D eigenvalue weighted by molar-refractivity contribution is 6.32. The molecule has 0 atom stereocenters. The van der Waals surface area contributed by atoms with Crippen molar-refractivity contribution in [1.82, 2.24) is 5.43 Å². The van der Waals surface area contributed by atoms with Gasteiger partial charge in [0.15, 0.2) is 11.5 Å². The highest BCUT2D eigenvalue weighted by Gasteiger charge is 2.10. The third-order valence-electron chi connectivity index (χ3n) is 3.44. The maximum absolute atomic E-state index is 11.9. The Hall–Kier alpha value is -2.73. The number of rotatable bonds is 8. The summed E-state index contributed by atoms with van der Waals surface area (Å²) in [7, 11) is 1.53. The Balaban J connectivity index is 1.92. The predicted octanol–water partition coefficient (Wildman–Crippen LogP) is 3.62. The molecule has 138 valence electrons. The first kappa shape index (κ1) is 19.6. The Labute approximate surface area is 158 Å². The van der Waals surface area contributed by atoms with E-state index in [9.17, 15) is 4.79 Å². The molecular weight excluding hydrogens is 354 g/mol. The molecule has 0 aromatic heterocycles. The number of hydrogen-bond acceptors (Lipinski definition) is 5. The minimum Gasteiger partial charge on any atom is -0.491 e. The number of carbonyl (C=O) groups is 1. The average molecular weight is 376 g/mol. The number of anilines is 1. The van der Waals surface area contributed by atoms with Gasteiger partial charge in [-0.05, 0) is 43.7 Å². The zero-order valence-corrected chi connectivity index (χ0v) is 15.8. The lowest BCUT2D eigenvalue weighted by Crippen LogP contribution is -2.25. The van der Waals surface area contributed by atoms with E-state index in [1.54, 1.807) is 12.1 Å². The van der Waals surface area contributed by atoms with Crippen LogP contribution in [0.5, 0.6) is 11.5 Å². The number of carbonyl (C=O) groups excluding carboxylic acids is 1. The molecule has 0 heterocycles. The number of methoxy groups -OCH3 is 1. The second-order valence-corrected chi connectivity index (χ2v) is 5.89. The second kappa shape index (κ2) is 9.68. The Morgan fingerprint density at radius 2 is 2.00 bits per heavy atom. The van der Waals surface area contributed by atoms with Crippen molar-refractivity contribution in [1.29, 1.82) is 0 Å². The van der Waals surface area contributed by atoms with Crippen LogP contribution in [0.1, 0.15) is 18.1 Å². The lowest BCUT2D eigenvalue weighted by molar-refractivity contribution is -0.119. The van der Waals surface area contributed by atoms with E-state index in [4.69, 9.17) is 21.1 Å². The largest absolute Gasteiger partial charge is 0.491 e. The smallest absolute Gasteiger partial charge is 0.259 e. The summed E-state index contributed by atoms with van der Waals surface area (Å²) in [6, 6.07) is 11.2. The number of nitrogens with zero attached hydrogens (tertiary/aromatic N) is 1. The van der Waals surface area contributed by atoms with Gasteiger partial charge >= 0.3 is 0 Å². The van der Waals surface area contributed by atoms with Crippen molar-refractivity contribution in [3.8, 4) is 11.5 Å². The van der Waals surface area contributed by atoms with Gasteiger partial charge in [0, 0.05) is 5.69 Å². The lowest BCUT2D eigenvalue weighted by Gasteiger charge is -2.11. The molecule has 2 rings (SSSR count). The van der Waals surface area contributed by atoms with Gasteiger partial charge in [-0.1, -0.05) is 29.3 Å². The molecule has 0 aliphatic rings. The van der Waals surface area contributed by atoms with Crippen molar-refractivity contribution in [2.24, 2.45) is 5.10 Å². The number of ether oxygens (including phenoxy) is 2. The molecule has 0 aliphatic carbocycles. The van der Waals surface area contributed by atoms with Gasteiger partial charge in [-0.15, -0.1) is 0 Å². The number of benzene rings is 2. The van der Waals surface area contributed by atoms with Crippen molar-refractivity contribution in [3.05, 3.63) is 52.5 Å². The van der Waals surface area contributed by atoms with Gasteiger partial charge in [-0.25, -0.2) is 5.43 Å². The maximum atomic E-state index is 11.9. The summed E-state index contributed by atoms with van der Waals surface area (Å²) in [6.07, 6.45) is 1.50. The molecule has 0 bridgehead atoms. The fourth-order valence-electron chi connectivity index (χ4n) is 2.20. The van der Waals surface area contributed by atoms with Gasteiger partial charge in [-0.3, -0.25) is 4.79 Å². The van der Waals surface area contributed by atoms with Crippen LogP contribution in [0.15, 0.2) is 41.5 Å². The van der Waals surface area contributed by atoms with Gasteiger partial charge in [-0.2, -0.15) is 5.10 Å². The monoisotopic (exact) mass is 375 g/mol. The number of hydrazone groups is 1. The van der Waals surface area contributed by atoms with E-state index in [-0.39, 0.29) is 12.5 Å². The van der Waals surface area contributed by atoms with Crippen molar-refractivity contribution < 1.29 is 14.3 Å². The lowest BCUT2D eigenvalue weighted by atomic mass is 10.2. The van der Waals surface area contributed by atoms with Crippen LogP contribution in [0.3, 0.4) is 0 Å². The molecule has 2 N–H and O–H groups in total. The van der Waals surface area contributed by atoms with E-state index in [0.29, 0.717) is 28.7 Å². The zero-order chi connectivity index (χ0) is 18.9. The fourth-order valence-corrected chi connectivity index (χ4v) is 2.49. The summed E-state index contributed by atoms with van der Waals surface area (Å²) in [4.78, 5) is 11.9. The van der Waals surface area contributed by atoms with E-state index >= 15 is 0 Å². The molecule has 0 aliphatic heterocycles. The molecule has 0 spiro atoms. The van der Waals surface area contributed by atoms with Crippen molar-refractivity contribution in [2.45, 2.75) is 13.8 Å². The molecule has 1 amide bonds. The molecule has 0 fully saturated rings. The normalized spacial score (nSPS) is 10.6. The Kier molecular flexibility index (Phi) is 7.29. The number of amides is 1. The van der Waals surface area contributed by atoms with E-state index in [0.717, 1.165) is 11.3 Å². The maximum Gasteiger partial charge on any atom is 0.259 e. The number of hydrogen-bond donors (Lipinski definition) is 2. The average Bonchev–Trinajstić information content (AvgIpc) is 2.61. The molecule has 0 saturated heterocycles. The van der Waals surface area contributed by atoms with E-state index < -0.39 is 0 Å². The van der Waals surface area contributed by atoms with Crippen LogP contribution in [0.4, 0.5) is 5.69 Å². The first-order valence-corrected chi connectivity index (χ1v) is 8.54. The second-order valence-electron chi connectivity index (χ2n) is 5.48. The van der Waals surface area contributed by atoms with Crippen LogP contribution in [0, 0.1) is 6.92 Å². The van der Waals surface area contributed by atoms with E-state index in [1.165, 1.54) is 13.3 Å². The summed E-state index contributed by atoms with van der Waals surface area (Å²) in [5.74, 6) is 0.736. The standard InChI is InChI=1S/C19H22ClN3O3/c1-4-26-17-10-14(9-16(20)19(17)25-3)11-22-23-18(24)12-21-15-7-5-13(2)6-8-15/h5-11,21H,4,12H2,1-3H3,(H,23,24)/b22-11-. The Bertz CT molecular complexity index is 776. The van der Waals surface area contributed by atoms with Crippen LogP contribution in [-0.4, -0.2) is 32.4 Å². The van der Waals surface area contributed by atoms with Gasteiger partial charge in [0.05, 0.1) is 31.5 Å². The van der Waals surface area contributed by atoms with Crippen molar-refractivity contribution >= 4 is 29.4 Å². The quantitative estimate of drug-likeness (QED) is 0.546. The highest BCUT2D eigenvalue weighted by atomic mass is 35.5. The summed E-state index contributed by atoms with van der Waals surface area (Å²) in [5, 5.41) is 7.38. The highest BCUT2D eigenvalue weighted by Crippen LogP contribution is 2.35. The van der Waals surface area contributed by atoms with Crippen LogP contribution < -0.4 is 20.2 Å². The fraction of sp³-hybridized carbons (Fsp3) is 0.263. The van der Waals surface area contributed by atoms with Crippen LogP contribution in [-0.2, 0) is 4.79 Å². The molecule has 0 radical (unpaired) electrons. The summed E-state index contributed by atoms with van der Waals surface area (Å²) in [5.41, 5.74) is 5.19. The molecule has 7 heteroatoms. The third kappa shape index (κ3) is 5.67. The molecular formula is C19H22ClN3O3. The van der Waals surface area contributed by atoms with Crippen LogP contribution in [0.25, 0.3) is 0 Å². The molecule has 2 aromatic rings. The molecule has 0 saturated carbocycles. The van der Waals surface area contributed by atoms with E-state index in [2.05, 4.69) is 15.8 Å². The Morgan fingerprint density at radius 3 is 2.65 bits per heavy atom. The van der Waals surface area contributed by atoms with Gasteiger partial charge in [0.1, 0.15) is 0 Å². The van der Waals surface area contributed by atoms with Gasteiger partial charge in [0.25, 0.3) is 5.91 Å². The SMILES string of the molecule is CCOc1cc(/C=N\NC(=O)CNc2ccc(C)cc2)cc(Cl)c1OC. The number of aryl methyl sites for hydroxylation is 1. The predicted molar refractivity (Wildman–Crippen MR) is 105 cm³/mol. The summed E-state index contributed by atoms with van der Waals surface area (Å²) < 4.78 is 10.7. The minimum absolute atomic E-state index is 0.119. The van der Waals surface area contributed by atoms with Gasteiger partial charge < -0.3 is 14.8 Å². The van der Waals surface area contributed by atoms with E-state index in [1.807, 2.05) is 38.1 Å². The zero-order valence-electron chi connectivity index (χ0n) is 15.0. The molecule has 6 nitrogen and oxygen atoms in total. The first-order valence-electron chi connectivity index (χ1n) is 8.16. The van der Waals surface area contributed by atoms with Crippen LogP contribution in [0.2, 0.25) is 5.02 Å². The first-order chi connectivity index (χ1) is 12.5. The summed E-state index contributed by atoms with van der Waals surface area (Å²) in [6.45, 7) is 4.48. The van der Waals surface area contributed by atoms with Crippen molar-refractivity contribution in [3.63, 3.8) is 0 Å².